The highest BCUT2D eigenvalue weighted by atomic mass is 32.2. The summed E-state index contributed by atoms with van der Waals surface area (Å²) in [4.78, 5) is 11.3. The van der Waals surface area contributed by atoms with Crippen molar-refractivity contribution in [2.45, 2.75) is 25.1 Å². The largest absolute Gasteiger partial charge is 0.396 e. The molecule has 0 aliphatic heterocycles. The third-order valence-corrected chi connectivity index (χ3v) is 3.39. The molecule has 3 nitrogen and oxygen atoms in total. The monoisotopic (exact) mass is 227 g/mol. The van der Waals surface area contributed by atoms with Crippen LogP contribution in [0.1, 0.15) is 13.3 Å². The van der Waals surface area contributed by atoms with Gasteiger partial charge in [-0.1, -0.05) is 13.0 Å². The lowest BCUT2D eigenvalue weighted by Crippen LogP contribution is -2.19. The van der Waals surface area contributed by atoms with Crippen LogP contribution in [0.3, 0.4) is 0 Å². The molecule has 1 unspecified atom stereocenters. The van der Waals surface area contributed by atoms with Crippen molar-refractivity contribution in [3.05, 3.63) is 34.7 Å². The van der Waals surface area contributed by atoms with Gasteiger partial charge in [-0.25, -0.2) is 0 Å². The molecule has 1 aromatic heterocycles. The first kappa shape index (κ1) is 12.3. The fourth-order valence-corrected chi connectivity index (χ4v) is 2.24. The summed E-state index contributed by atoms with van der Waals surface area (Å²) in [5.74, 6) is 0.908. The van der Waals surface area contributed by atoms with Crippen LogP contribution in [-0.4, -0.2) is 27.3 Å². The van der Waals surface area contributed by atoms with Gasteiger partial charge in [0.2, 0.25) is 0 Å². The van der Waals surface area contributed by atoms with Crippen molar-refractivity contribution in [3.8, 4) is 0 Å². The number of thioether (sulfide) groups is 1. The quantitative estimate of drug-likeness (QED) is 0.797. The molecule has 1 aromatic rings. The Morgan fingerprint density at radius 2 is 2.33 bits per heavy atom. The van der Waals surface area contributed by atoms with Crippen molar-refractivity contribution >= 4 is 11.8 Å². The van der Waals surface area contributed by atoms with Crippen LogP contribution in [-0.2, 0) is 6.54 Å². The summed E-state index contributed by atoms with van der Waals surface area (Å²) in [5, 5.41) is 9.18. The van der Waals surface area contributed by atoms with Crippen LogP contribution in [0, 0.1) is 0 Å². The molecule has 0 saturated heterocycles. The molecule has 1 atom stereocenters. The van der Waals surface area contributed by atoms with E-state index in [9.17, 15) is 4.79 Å². The minimum Gasteiger partial charge on any atom is -0.396 e. The lowest BCUT2D eigenvalue weighted by Gasteiger charge is -2.09. The van der Waals surface area contributed by atoms with E-state index in [-0.39, 0.29) is 12.2 Å². The first-order valence-electron chi connectivity index (χ1n) is 5.12. The van der Waals surface area contributed by atoms with Crippen molar-refractivity contribution in [3.63, 3.8) is 0 Å². The number of hydrogen-bond donors (Lipinski definition) is 1. The summed E-state index contributed by atoms with van der Waals surface area (Å²) in [6.45, 7) is 3.06. The van der Waals surface area contributed by atoms with E-state index in [2.05, 4.69) is 6.92 Å². The van der Waals surface area contributed by atoms with Crippen LogP contribution in [0.2, 0.25) is 0 Å². The average molecular weight is 227 g/mol. The number of hydrogen-bond acceptors (Lipinski definition) is 3. The maximum atomic E-state index is 11.3. The van der Waals surface area contributed by atoms with Gasteiger partial charge in [0.25, 0.3) is 5.56 Å². The Hall–Kier alpha value is -0.740. The van der Waals surface area contributed by atoms with E-state index in [1.54, 1.807) is 34.7 Å². The second-order valence-corrected chi connectivity index (χ2v) is 4.97. The molecule has 15 heavy (non-hydrogen) atoms. The Kier molecular flexibility index (Phi) is 5.50. The number of aromatic nitrogens is 1. The van der Waals surface area contributed by atoms with Crippen molar-refractivity contribution in [2.24, 2.45) is 0 Å². The first-order valence-corrected chi connectivity index (χ1v) is 6.17. The van der Waals surface area contributed by atoms with Crippen molar-refractivity contribution in [2.75, 3.05) is 12.4 Å². The predicted octanol–water partition coefficient (Wildman–Crippen LogP) is 1.35. The highest BCUT2D eigenvalue weighted by Gasteiger charge is 2.01. The molecule has 4 heteroatoms. The van der Waals surface area contributed by atoms with Gasteiger partial charge in [-0.3, -0.25) is 4.79 Å². The molecule has 0 radical (unpaired) electrons. The molecule has 0 saturated carbocycles. The third-order valence-electron chi connectivity index (χ3n) is 2.17. The lowest BCUT2D eigenvalue weighted by molar-refractivity contribution is 0.289. The minimum absolute atomic E-state index is 0.0490. The van der Waals surface area contributed by atoms with E-state index in [0.717, 1.165) is 18.7 Å². The summed E-state index contributed by atoms with van der Waals surface area (Å²) in [6, 6.07) is 5.19. The molecular formula is C11H17NO2S. The van der Waals surface area contributed by atoms with Gasteiger partial charge in [0.15, 0.2) is 0 Å². The SMILES string of the molecule is CC(CCO)SCCn1ccccc1=O. The Balaban J connectivity index is 2.32. The molecule has 0 aromatic carbocycles. The summed E-state index contributed by atoms with van der Waals surface area (Å²) >= 11 is 1.78. The fourth-order valence-electron chi connectivity index (χ4n) is 1.26. The molecule has 1 heterocycles. The van der Waals surface area contributed by atoms with E-state index >= 15 is 0 Å². The van der Waals surface area contributed by atoms with Crippen LogP contribution >= 0.6 is 11.8 Å². The Labute approximate surface area is 94.1 Å². The predicted molar refractivity (Wildman–Crippen MR) is 64.3 cm³/mol. The second kappa shape index (κ2) is 6.69. The first-order chi connectivity index (χ1) is 7.24. The smallest absolute Gasteiger partial charge is 0.250 e. The molecule has 84 valence electrons. The summed E-state index contributed by atoms with van der Waals surface area (Å²) in [6.07, 6.45) is 2.62. The number of rotatable bonds is 6. The summed E-state index contributed by atoms with van der Waals surface area (Å²) in [5.41, 5.74) is 0.0490. The van der Waals surface area contributed by atoms with Crippen molar-refractivity contribution < 1.29 is 5.11 Å². The molecule has 0 amide bonds. The van der Waals surface area contributed by atoms with Crippen LogP contribution in [0.5, 0.6) is 0 Å². The number of aliphatic hydroxyl groups is 1. The van der Waals surface area contributed by atoms with Crippen LogP contribution in [0.15, 0.2) is 29.2 Å². The number of pyridine rings is 1. The zero-order chi connectivity index (χ0) is 11.1. The molecule has 0 aliphatic rings. The third kappa shape index (κ3) is 4.53. The van der Waals surface area contributed by atoms with Crippen molar-refractivity contribution in [1.82, 2.24) is 4.57 Å². The van der Waals surface area contributed by atoms with E-state index in [1.807, 2.05) is 6.07 Å². The number of aliphatic hydroxyl groups excluding tert-OH is 1. The highest BCUT2D eigenvalue weighted by Crippen LogP contribution is 2.13. The maximum absolute atomic E-state index is 11.3. The van der Waals surface area contributed by atoms with Crippen LogP contribution < -0.4 is 5.56 Å². The molecule has 1 N–H and O–H groups in total. The normalized spacial score (nSPS) is 12.7. The summed E-state index contributed by atoms with van der Waals surface area (Å²) in [7, 11) is 0. The Morgan fingerprint density at radius 1 is 1.53 bits per heavy atom. The zero-order valence-corrected chi connectivity index (χ0v) is 9.74. The van der Waals surface area contributed by atoms with Gasteiger partial charge in [0.1, 0.15) is 0 Å². The Bertz CT molecular complexity index is 337. The van der Waals surface area contributed by atoms with Gasteiger partial charge in [-0.15, -0.1) is 0 Å². The molecule has 0 fully saturated rings. The zero-order valence-electron chi connectivity index (χ0n) is 8.93. The number of aryl methyl sites for hydroxylation is 1. The molecule has 0 aliphatic carbocycles. The summed E-state index contributed by atoms with van der Waals surface area (Å²) < 4.78 is 1.71. The lowest BCUT2D eigenvalue weighted by atomic mass is 10.3. The van der Waals surface area contributed by atoms with Crippen LogP contribution in [0.25, 0.3) is 0 Å². The van der Waals surface area contributed by atoms with Gasteiger partial charge in [-0.05, 0) is 12.5 Å². The fraction of sp³-hybridized carbons (Fsp3) is 0.545. The second-order valence-electron chi connectivity index (χ2n) is 3.43. The topological polar surface area (TPSA) is 42.2 Å². The van der Waals surface area contributed by atoms with Gasteiger partial charge in [0.05, 0.1) is 0 Å². The van der Waals surface area contributed by atoms with Gasteiger partial charge in [-0.2, -0.15) is 11.8 Å². The molecular weight excluding hydrogens is 210 g/mol. The molecule has 0 spiro atoms. The number of nitrogens with zero attached hydrogens (tertiary/aromatic N) is 1. The van der Waals surface area contributed by atoms with E-state index in [4.69, 9.17) is 5.11 Å². The van der Waals surface area contributed by atoms with E-state index in [0.29, 0.717) is 5.25 Å². The standard InChI is InChI=1S/C11H17NO2S/c1-10(5-8-13)15-9-7-12-6-3-2-4-11(12)14/h2-4,6,10,13H,5,7-9H2,1H3. The minimum atomic E-state index is 0.0490. The highest BCUT2D eigenvalue weighted by molar-refractivity contribution is 7.99. The van der Waals surface area contributed by atoms with Crippen LogP contribution in [0.4, 0.5) is 0 Å². The molecule has 0 bridgehead atoms. The van der Waals surface area contributed by atoms with E-state index < -0.39 is 0 Å². The van der Waals surface area contributed by atoms with Gasteiger partial charge in [0, 0.05) is 36.4 Å². The maximum Gasteiger partial charge on any atom is 0.250 e. The van der Waals surface area contributed by atoms with Gasteiger partial charge < -0.3 is 9.67 Å². The van der Waals surface area contributed by atoms with Gasteiger partial charge >= 0.3 is 0 Å². The van der Waals surface area contributed by atoms with E-state index in [1.165, 1.54) is 0 Å². The van der Waals surface area contributed by atoms with Crippen molar-refractivity contribution in [1.29, 1.82) is 0 Å². The average Bonchev–Trinajstić information content (AvgIpc) is 2.21. The Morgan fingerprint density at radius 3 is 3.00 bits per heavy atom. The molecule has 1 rings (SSSR count).